The third-order valence-electron chi connectivity index (χ3n) is 2.39. The highest BCUT2D eigenvalue weighted by Gasteiger charge is 2.13. The van der Waals surface area contributed by atoms with Crippen LogP contribution in [0.3, 0.4) is 0 Å². The first-order chi connectivity index (χ1) is 8.60. The molecule has 6 heteroatoms. The maximum atomic E-state index is 11.7. The first kappa shape index (κ1) is 14.5. The van der Waals surface area contributed by atoms with Crippen molar-refractivity contribution in [3.05, 3.63) is 28.8 Å². The summed E-state index contributed by atoms with van der Waals surface area (Å²) < 4.78 is 5.01. The van der Waals surface area contributed by atoms with Gasteiger partial charge >= 0.3 is 0 Å². The Kier molecular flexibility index (Phi) is 5.59. The van der Waals surface area contributed by atoms with Gasteiger partial charge < -0.3 is 15.8 Å². The standard InChI is InChI=1S/C12H14ClN3O2/c1-18-10(7-15)5-12(17)16-11-4-9(13)3-2-8(11)6-14/h2-4,10H,5,7,15H2,1H3,(H,16,17). The molecular weight excluding hydrogens is 254 g/mol. The smallest absolute Gasteiger partial charge is 0.227 e. The zero-order valence-electron chi connectivity index (χ0n) is 9.94. The van der Waals surface area contributed by atoms with E-state index < -0.39 is 0 Å². The lowest BCUT2D eigenvalue weighted by Crippen LogP contribution is -2.28. The van der Waals surface area contributed by atoms with Crippen molar-refractivity contribution in [2.45, 2.75) is 12.5 Å². The summed E-state index contributed by atoms with van der Waals surface area (Å²) in [6.45, 7) is 0.255. The van der Waals surface area contributed by atoms with Crippen LogP contribution in [-0.2, 0) is 9.53 Å². The van der Waals surface area contributed by atoms with Crippen LogP contribution in [0.15, 0.2) is 18.2 Å². The van der Waals surface area contributed by atoms with E-state index in [1.54, 1.807) is 12.1 Å². The van der Waals surface area contributed by atoms with Crippen molar-refractivity contribution in [2.75, 3.05) is 19.0 Å². The molecule has 0 aromatic heterocycles. The molecule has 3 N–H and O–H groups in total. The Labute approximate surface area is 110 Å². The second-order valence-electron chi connectivity index (χ2n) is 3.65. The summed E-state index contributed by atoms with van der Waals surface area (Å²) in [6, 6.07) is 6.65. The fourth-order valence-electron chi connectivity index (χ4n) is 1.39. The highest BCUT2D eigenvalue weighted by Crippen LogP contribution is 2.20. The molecule has 0 bridgehead atoms. The van der Waals surface area contributed by atoms with Gasteiger partial charge in [-0.05, 0) is 18.2 Å². The molecule has 0 fully saturated rings. The lowest BCUT2D eigenvalue weighted by molar-refractivity contribution is -0.118. The number of carbonyl (C=O) groups is 1. The number of hydrogen-bond acceptors (Lipinski definition) is 4. The lowest BCUT2D eigenvalue weighted by Gasteiger charge is -2.13. The van der Waals surface area contributed by atoms with Gasteiger partial charge in [0, 0.05) is 18.7 Å². The van der Waals surface area contributed by atoms with E-state index in [1.165, 1.54) is 13.2 Å². The zero-order chi connectivity index (χ0) is 13.5. The maximum absolute atomic E-state index is 11.7. The summed E-state index contributed by atoms with van der Waals surface area (Å²) in [5.41, 5.74) is 6.17. The number of methoxy groups -OCH3 is 1. The summed E-state index contributed by atoms with van der Waals surface area (Å²) in [5, 5.41) is 12.0. The van der Waals surface area contributed by atoms with Crippen molar-refractivity contribution < 1.29 is 9.53 Å². The van der Waals surface area contributed by atoms with Crippen LogP contribution in [0.4, 0.5) is 5.69 Å². The second kappa shape index (κ2) is 6.97. The number of hydrogen-bond donors (Lipinski definition) is 2. The van der Waals surface area contributed by atoms with E-state index in [2.05, 4.69) is 5.32 Å². The van der Waals surface area contributed by atoms with Crippen LogP contribution in [0.2, 0.25) is 5.02 Å². The fraction of sp³-hybridized carbons (Fsp3) is 0.333. The molecule has 0 radical (unpaired) electrons. The number of nitriles is 1. The van der Waals surface area contributed by atoms with Crippen molar-refractivity contribution in [2.24, 2.45) is 5.73 Å². The average Bonchev–Trinajstić information content (AvgIpc) is 2.36. The Bertz CT molecular complexity index is 467. The molecule has 1 rings (SSSR count). The molecule has 1 amide bonds. The van der Waals surface area contributed by atoms with Crippen molar-refractivity contribution in [1.82, 2.24) is 0 Å². The van der Waals surface area contributed by atoms with Crippen molar-refractivity contribution in [1.29, 1.82) is 5.26 Å². The average molecular weight is 268 g/mol. The van der Waals surface area contributed by atoms with Gasteiger partial charge in [-0.2, -0.15) is 5.26 Å². The summed E-state index contributed by atoms with van der Waals surface area (Å²) in [7, 11) is 1.49. The number of carbonyl (C=O) groups excluding carboxylic acids is 1. The number of halogens is 1. The Morgan fingerprint density at radius 3 is 2.94 bits per heavy atom. The van der Waals surface area contributed by atoms with Gasteiger partial charge in [-0.1, -0.05) is 11.6 Å². The Morgan fingerprint density at radius 2 is 2.39 bits per heavy atom. The van der Waals surface area contributed by atoms with E-state index in [0.29, 0.717) is 16.3 Å². The number of nitrogens with one attached hydrogen (secondary N) is 1. The van der Waals surface area contributed by atoms with E-state index in [9.17, 15) is 4.79 Å². The molecule has 96 valence electrons. The highest BCUT2D eigenvalue weighted by molar-refractivity contribution is 6.31. The molecule has 1 atom stereocenters. The van der Waals surface area contributed by atoms with Gasteiger partial charge in [0.05, 0.1) is 23.8 Å². The van der Waals surface area contributed by atoms with Gasteiger partial charge in [-0.25, -0.2) is 0 Å². The molecule has 0 saturated carbocycles. The number of anilines is 1. The molecule has 0 aliphatic rings. The summed E-state index contributed by atoms with van der Waals surface area (Å²) >= 11 is 5.81. The van der Waals surface area contributed by atoms with Crippen LogP contribution < -0.4 is 11.1 Å². The molecule has 1 unspecified atom stereocenters. The first-order valence-corrected chi connectivity index (χ1v) is 5.70. The summed E-state index contributed by atoms with van der Waals surface area (Å²) in [4.78, 5) is 11.7. The van der Waals surface area contributed by atoms with Gasteiger partial charge in [0.25, 0.3) is 0 Å². The van der Waals surface area contributed by atoms with Gasteiger partial charge in [-0.15, -0.1) is 0 Å². The van der Waals surface area contributed by atoms with E-state index >= 15 is 0 Å². The molecule has 18 heavy (non-hydrogen) atoms. The summed E-state index contributed by atoms with van der Waals surface area (Å²) in [6.07, 6.45) is -0.209. The number of ether oxygens (including phenoxy) is 1. The number of benzene rings is 1. The Hall–Kier alpha value is -1.61. The Morgan fingerprint density at radius 1 is 1.67 bits per heavy atom. The predicted molar refractivity (Wildman–Crippen MR) is 69.3 cm³/mol. The topological polar surface area (TPSA) is 88.1 Å². The van der Waals surface area contributed by atoms with Crippen LogP contribution >= 0.6 is 11.6 Å². The van der Waals surface area contributed by atoms with E-state index in [-0.39, 0.29) is 25.0 Å². The van der Waals surface area contributed by atoms with Crippen LogP contribution in [-0.4, -0.2) is 25.7 Å². The lowest BCUT2D eigenvalue weighted by atomic mass is 10.2. The van der Waals surface area contributed by atoms with Crippen LogP contribution in [0.5, 0.6) is 0 Å². The SMILES string of the molecule is COC(CN)CC(=O)Nc1cc(Cl)ccc1C#N. The monoisotopic (exact) mass is 267 g/mol. The quantitative estimate of drug-likeness (QED) is 0.846. The van der Waals surface area contributed by atoms with E-state index in [4.69, 9.17) is 27.3 Å². The van der Waals surface area contributed by atoms with Crippen LogP contribution in [0.1, 0.15) is 12.0 Å². The molecule has 0 aliphatic heterocycles. The molecule has 1 aromatic carbocycles. The largest absolute Gasteiger partial charge is 0.380 e. The third-order valence-corrected chi connectivity index (χ3v) is 2.62. The summed E-state index contributed by atoms with van der Waals surface area (Å²) in [5.74, 6) is -0.272. The fourth-order valence-corrected chi connectivity index (χ4v) is 1.56. The zero-order valence-corrected chi connectivity index (χ0v) is 10.7. The minimum atomic E-state index is -0.338. The van der Waals surface area contributed by atoms with Gasteiger partial charge in [0.1, 0.15) is 6.07 Å². The van der Waals surface area contributed by atoms with Gasteiger partial charge in [-0.3, -0.25) is 4.79 Å². The number of nitrogens with two attached hydrogens (primary N) is 1. The molecule has 1 aromatic rings. The maximum Gasteiger partial charge on any atom is 0.227 e. The minimum absolute atomic E-state index is 0.129. The molecule has 0 saturated heterocycles. The normalized spacial score (nSPS) is 11.7. The predicted octanol–water partition coefficient (Wildman–Crippen LogP) is 1.51. The minimum Gasteiger partial charge on any atom is -0.380 e. The second-order valence-corrected chi connectivity index (χ2v) is 4.08. The van der Waals surface area contributed by atoms with E-state index in [1.807, 2.05) is 6.07 Å². The van der Waals surface area contributed by atoms with Gasteiger partial charge in [0.15, 0.2) is 0 Å². The number of rotatable bonds is 5. The third kappa shape index (κ3) is 4.00. The number of amides is 1. The highest BCUT2D eigenvalue weighted by atomic mass is 35.5. The molecular formula is C12H14ClN3O2. The van der Waals surface area contributed by atoms with Crippen molar-refractivity contribution in [3.8, 4) is 6.07 Å². The first-order valence-electron chi connectivity index (χ1n) is 5.33. The molecule has 0 aliphatic carbocycles. The number of nitrogens with zero attached hydrogens (tertiary/aromatic N) is 1. The molecule has 5 nitrogen and oxygen atoms in total. The van der Waals surface area contributed by atoms with E-state index in [0.717, 1.165) is 0 Å². The van der Waals surface area contributed by atoms with Crippen molar-refractivity contribution >= 4 is 23.2 Å². The van der Waals surface area contributed by atoms with Crippen LogP contribution in [0, 0.1) is 11.3 Å². The molecule has 0 heterocycles. The Balaban J connectivity index is 2.75. The van der Waals surface area contributed by atoms with Crippen LogP contribution in [0.25, 0.3) is 0 Å². The van der Waals surface area contributed by atoms with Gasteiger partial charge in [0.2, 0.25) is 5.91 Å². The molecule has 0 spiro atoms. The van der Waals surface area contributed by atoms with Crippen molar-refractivity contribution in [3.63, 3.8) is 0 Å².